The molecule has 0 fully saturated rings. The second kappa shape index (κ2) is 7.90. The number of rotatable bonds is 7. The van der Waals surface area contributed by atoms with E-state index < -0.39 is 0 Å². The number of aliphatic hydroxyl groups is 1. The summed E-state index contributed by atoms with van der Waals surface area (Å²) in [5.74, 6) is -0.121. The molecular weight excluding hydrogens is 322 g/mol. The molecule has 0 radical (unpaired) electrons. The molecule has 0 unspecified atom stereocenters. The monoisotopic (exact) mass is 341 g/mol. The van der Waals surface area contributed by atoms with Gasteiger partial charge in [-0.2, -0.15) is 16.4 Å². The summed E-state index contributed by atoms with van der Waals surface area (Å²) in [5, 5.41) is 23.2. The van der Waals surface area contributed by atoms with Crippen molar-refractivity contribution < 1.29 is 9.90 Å². The van der Waals surface area contributed by atoms with Crippen molar-refractivity contribution >= 4 is 17.2 Å². The molecule has 0 spiro atoms. The third-order valence-corrected chi connectivity index (χ3v) is 4.60. The van der Waals surface area contributed by atoms with Crippen LogP contribution in [0.4, 0.5) is 0 Å². The Hall–Kier alpha value is -2.44. The highest BCUT2D eigenvalue weighted by Crippen LogP contribution is 2.19. The Balaban J connectivity index is 1.61. The molecular formula is C18H19N3O2S. The lowest BCUT2D eigenvalue weighted by Gasteiger charge is -2.14. The van der Waals surface area contributed by atoms with E-state index in [1.54, 1.807) is 29.8 Å². The molecule has 6 heteroatoms. The number of thiophene rings is 1. The Bertz CT molecular complexity index is 769. The van der Waals surface area contributed by atoms with Gasteiger partial charge in [0.2, 0.25) is 0 Å². The number of carbonyl (C=O) groups is 1. The number of nitrogens with one attached hydrogen (secondary N) is 2. The predicted octanol–water partition coefficient (Wildman–Crippen LogP) is 2.72. The van der Waals surface area contributed by atoms with Crippen LogP contribution in [0.1, 0.15) is 15.9 Å². The Kier molecular flexibility index (Phi) is 5.40. The van der Waals surface area contributed by atoms with Crippen LogP contribution in [0.25, 0.3) is 11.1 Å². The molecule has 5 nitrogen and oxygen atoms in total. The summed E-state index contributed by atoms with van der Waals surface area (Å²) >= 11 is 1.64. The van der Waals surface area contributed by atoms with E-state index in [4.69, 9.17) is 0 Å². The van der Waals surface area contributed by atoms with Gasteiger partial charge in [0, 0.05) is 36.4 Å². The number of hydrogen-bond donors (Lipinski definition) is 3. The number of hydrogen-bond acceptors (Lipinski definition) is 4. The molecule has 0 aliphatic rings. The zero-order chi connectivity index (χ0) is 16.8. The first-order valence-electron chi connectivity index (χ1n) is 7.75. The normalized spacial score (nSPS) is 12.0. The van der Waals surface area contributed by atoms with Crippen LogP contribution in [0, 0.1) is 5.92 Å². The van der Waals surface area contributed by atoms with Crippen LogP contribution in [0.15, 0.2) is 53.5 Å². The zero-order valence-electron chi connectivity index (χ0n) is 13.1. The fraction of sp³-hybridized carbons (Fsp3) is 0.222. The molecule has 124 valence electrons. The van der Waals surface area contributed by atoms with Crippen LogP contribution < -0.4 is 5.32 Å². The van der Waals surface area contributed by atoms with Gasteiger partial charge < -0.3 is 10.4 Å². The number of nitrogens with zero attached hydrogens (tertiary/aromatic N) is 1. The topological polar surface area (TPSA) is 78.0 Å². The van der Waals surface area contributed by atoms with Gasteiger partial charge in [0.05, 0.1) is 6.20 Å². The van der Waals surface area contributed by atoms with Crippen LogP contribution in [0.3, 0.4) is 0 Å². The first-order valence-corrected chi connectivity index (χ1v) is 8.70. The van der Waals surface area contributed by atoms with Crippen molar-refractivity contribution in [3.63, 3.8) is 0 Å². The Labute approximate surface area is 144 Å². The molecule has 3 N–H and O–H groups in total. The van der Waals surface area contributed by atoms with Crippen molar-refractivity contribution in [3.05, 3.63) is 64.6 Å². The Morgan fingerprint density at radius 1 is 1.33 bits per heavy atom. The quantitative estimate of drug-likeness (QED) is 0.618. The van der Waals surface area contributed by atoms with Gasteiger partial charge in [-0.05, 0) is 46.5 Å². The molecule has 1 amide bonds. The lowest BCUT2D eigenvalue weighted by Crippen LogP contribution is -2.31. The van der Waals surface area contributed by atoms with E-state index in [9.17, 15) is 9.90 Å². The average molecular weight is 341 g/mol. The number of H-pyrrole nitrogens is 1. The zero-order valence-corrected chi connectivity index (χ0v) is 13.9. The van der Waals surface area contributed by atoms with Crippen LogP contribution in [-0.4, -0.2) is 34.4 Å². The van der Waals surface area contributed by atoms with Gasteiger partial charge in [0.1, 0.15) is 0 Å². The SMILES string of the molecule is O=C(NC[C@@H](CO)Cc1ccsc1)c1cccc(-c2cn[nH]c2)c1. The number of benzene rings is 1. The highest BCUT2D eigenvalue weighted by molar-refractivity contribution is 7.07. The second-order valence-corrected chi connectivity index (χ2v) is 6.44. The lowest BCUT2D eigenvalue weighted by molar-refractivity contribution is 0.0940. The maximum Gasteiger partial charge on any atom is 0.251 e. The Morgan fingerprint density at radius 2 is 2.25 bits per heavy atom. The molecule has 3 rings (SSSR count). The summed E-state index contributed by atoms with van der Waals surface area (Å²) in [5.41, 5.74) is 3.67. The first kappa shape index (κ1) is 16.4. The molecule has 24 heavy (non-hydrogen) atoms. The second-order valence-electron chi connectivity index (χ2n) is 5.66. The summed E-state index contributed by atoms with van der Waals surface area (Å²) in [6.45, 7) is 0.492. The maximum absolute atomic E-state index is 12.4. The van der Waals surface area contributed by atoms with E-state index in [2.05, 4.69) is 20.9 Å². The number of aliphatic hydroxyl groups excluding tert-OH is 1. The van der Waals surface area contributed by atoms with Crippen molar-refractivity contribution in [2.75, 3.05) is 13.2 Å². The summed E-state index contributed by atoms with van der Waals surface area (Å²) in [6.07, 6.45) is 4.27. The summed E-state index contributed by atoms with van der Waals surface area (Å²) in [6, 6.07) is 9.46. The molecule has 0 aliphatic heterocycles. The summed E-state index contributed by atoms with van der Waals surface area (Å²) in [7, 11) is 0. The van der Waals surface area contributed by atoms with E-state index in [0.717, 1.165) is 17.5 Å². The van der Waals surface area contributed by atoms with Gasteiger partial charge in [-0.3, -0.25) is 9.89 Å². The molecule has 1 aromatic carbocycles. The molecule has 0 saturated carbocycles. The maximum atomic E-state index is 12.4. The minimum Gasteiger partial charge on any atom is -0.396 e. The van der Waals surface area contributed by atoms with E-state index >= 15 is 0 Å². The smallest absolute Gasteiger partial charge is 0.251 e. The first-order chi connectivity index (χ1) is 11.8. The van der Waals surface area contributed by atoms with Crippen LogP contribution in [0.2, 0.25) is 0 Å². The van der Waals surface area contributed by atoms with Crippen molar-refractivity contribution in [1.82, 2.24) is 15.5 Å². The van der Waals surface area contributed by atoms with Crippen LogP contribution in [-0.2, 0) is 6.42 Å². The van der Waals surface area contributed by atoms with Crippen LogP contribution >= 0.6 is 11.3 Å². The number of aromatic amines is 1. The summed E-state index contributed by atoms with van der Waals surface area (Å²) < 4.78 is 0. The third-order valence-electron chi connectivity index (χ3n) is 3.87. The van der Waals surface area contributed by atoms with Crippen molar-refractivity contribution in [1.29, 1.82) is 0 Å². The fourth-order valence-corrected chi connectivity index (χ4v) is 3.21. The Morgan fingerprint density at radius 3 is 2.96 bits per heavy atom. The highest BCUT2D eigenvalue weighted by atomic mass is 32.1. The van der Waals surface area contributed by atoms with Crippen molar-refractivity contribution in [3.8, 4) is 11.1 Å². The molecule has 3 aromatic rings. The van der Waals surface area contributed by atoms with Gasteiger partial charge >= 0.3 is 0 Å². The molecule has 2 aromatic heterocycles. The van der Waals surface area contributed by atoms with Gasteiger partial charge in [-0.1, -0.05) is 12.1 Å². The molecule has 0 saturated heterocycles. The average Bonchev–Trinajstić information content (AvgIpc) is 3.32. The lowest BCUT2D eigenvalue weighted by atomic mass is 10.0. The van der Waals surface area contributed by atoms with Gasteiger partial charge in [-0.25, -0.2) is 0 Å². The van der Waals surface area contributed by atoms with E-state index in [0.29, 0.717) is 12.1 Å². The fourth-order valence-electron chi connectivity index (χ4n) is 2.53. The van der Waals surface area contributed by atoms with E-state index in [1.165, 1.54) is 5.56 Å². The molecule has 0 bridgehead atoms. The third kappa shape index (κ3) is 4.10. The number of carbonyl (C=O) groups excluding carboxylic acids is 1. The minimum absolute atomic E-state index is 0.0145. The molecule has 2 heterocycles. The van der Waals surface area contributed by atoms with Crippen molar-refractivity contribution in [2.24, 2.45) is 5.92 Å². The molecule has 1 atom stereocenters. The van der Waals surface area contributed by atoms with Crippen LogP contribution in [0.5, 0.6) is 0 Å². The molecule has 0 aliphatic carbocycles. The number of amides is 1. The van der Waals surface area contributed by atoms with Gasteiger partial charge in [0.25, 0.3) is 5.91 Å². The predicted molar refractivity (Wildman–Crippen MR) is 95.0 cm³/mol. The highest BCUT2D eigenvalue weighted by Gasteiger charge is 2.13. The van der Waals surface area contributed by atoms with Crippen molar-refractivity contribution in [2.45, 2.75) is 6.42 Å². The van der Waals surface area contributed by atoms with Gasteiger partial charge in [0.15, 0.2) is 0 Å². The summed E-state index contributed by atoms with van der Waals surface area (Å²) in [4.78, 5) is 12.4. The van der Waals surface area contributed by atoms with E-state index in [1.807, 2.05) is 29.6 Å². The number of aromatic nitrogens is 2. The van der Waals surface area contributed by atoms with E-state index in [-0.39, 0.29) is 18.4 Å². The minimum atomic E-state index is -0.135. The standard InChI is InChI=1S/C18H19N3O2S/c22-11-14(6-13-4-5-24-12-13)8-19-18(23)16-3-1-2-15(7-16)17-9-20-21-10-17/h1-5,7,9-10,12,14,22H,6,8,11H2,(H,19,23)(H,20,21)/t14-/m0/s1. The largest absolute Gasteiger partial charge is 0.396 e. The van der Waals surface area contributed by atoms with Gasteiger partial charge in [-0.15, -0.1) is 0 Å².